The van der Waals surface area contributed by atoms with Gasteiger partial charge in [-0.05, 0) is 61.8 Å². The van der Waals surface area contributed by atoms with E-state index in [0.717, 1.165) is 43.6 Å². The highest BCUT2D eigenvalue weighted by Crippen LogP contribution is 2.38. The van der Waals surface area contributed by atoms with Crippen LogP contribution in [0.15, 0.2) is 91.0 Å². The van der Waals surface area contributed by atoms with E-state index in [1.165, 1.54) is 31.2 Å². The quantitative estimate of drug-likeness (QED) is 0.273. The van der Waals surface area contributed by atoms with Crippen LogP contribution in [0.4, 0.5) is 0 Å². The fraction of sp³-hybridized carbons (Fsp3) is 0.444. The van der Waals surface area contributed by atoms with Crippen molar-refractivity contribution < 1.29 is 9.59 Å². The topological polar surface area (TPSA) is 52.7 Å². The Bertz CT molecular complexity index is 1200. The van der Waals surface area contributed by atoms with E-state index >= 15 is 0 Å². The van der Waals surface area contributed by atoms with Crippen LogP contribution in [0.3, 0.4) is 0 Å². The van der Waals surface area contributed by atoms with E-state index < -0.39 is 11.6 Å². The largest absolute Gasteiger partial charge is 0.341 e. The maximum atomic E-state index is 14.3. The van der Waals surface area contributed by atoms with Crippen molar-refractivity contribution in [1.29, 1.82) is 0 Å². The van der Waals surface area contributed by atoms with E-state index in [4.69, 9.17) is 0 Å². The highest BCUT2D eigenvalue weighted by atomic mass is 16.2. The zero-order chi connectivity index (χ0) is 28.5. The Hall–Kier alpha value is -3.44. The number of carbonyl (C=O) groups is 2. The van der Waals surface area contributed by atoms with Gasteiger partial charge in [0.1, 0.15) is 11.6 Å². The summed E-state index contributed by atoms with van der Waals surface area (Å²) in [7, 11) is 0. The summed E-state index contributed by atoms with van der Waals surface area (Å²) in [6.07, 6.45) is 8.29. The number of nitrogens with zero attached hydrogens (tertiary/aromatic N) is 2. The molecule has 0 bridgehead atoms. The number of likely N-dealkylation sites (tertiary alicyclic amines) is 1. The first-order valence-electron chi connectivity index (χ1n) is 15.6. The van der Waals surface area contributed by atoms with E-state index in [0.29, 0.717) is 19.4 Å². The van der Waals surface area contributed by atoms with Crippen molar-refractivity contribution in [1.82, 2.24) is 15.1 Å². The van der Waals surface area contributed by atoms with Gasteiger partial charge in [-0.15, -0.1) is 0 Å². The van der Waals surface area contributed by atoms with Crippen molar-refractivity contribution in [2.75, 3.05) is 26.2 Å². The van der Waals surface area contributed by atoms with E-state index in [2.05, 4.69) is 71.7 Å². The number of piperidine rings is 1. The van der Waals surface area contributed by atoms with Crippen LogP contribution >= 0.6 is 0 Å². The second-order valence-corrected chi connectivity index (χ2v) is 11.8. The van der Waals surface area contributed by atoms with Crippen molar-refractivity contribution in [3.63, 3.8) is 0 Å². The molecule has 3 aromatic rings. The number of aryl methyl sites for hydroxylation is 1. The minimum atomic E-state index is -0.742. The van der Waals surface area contributed by atoms with E-state index in [9.17, 15) is 9.59 Å². The standard InChI is InChI=1S/C36H45N3O2/c1-2-25-39-34(40)33(32(30-19-11-6-12-20-30)31-21-13-7-14-22-31)37-35(41)36(39)23-27-38(28-24-36)26-15-4-3-8-16-29-17-9-5-10-18-29/h5-7,9-14,17-22,32-33H,2-4,8,15-16,23-28H2,1H3,(H,37,41)/t33-/m0/s1. The summed E-state index contributed by atoms with van der Waals surface area (Å²) < 4.78 is 0. The molecule has 3 aromatic carbocycles. The van der Waals surface area contributed by atoms with Crippen LogP contribution < -0.4 is 5.32 Å². The van der Waals surface area contributed by atoms with Crippen molar-refractivity contribution in [3.05, 3.63) is 108 Å². The molecule has 0 radical (unpaired) electrons. The smallest absolute Gasteiger partial charge is 0.247 e. The lowest BCUT2D eigenvalue weighted by Crippen LogP contribution is -2.73. The molecule has 0 unspecified atom stereocenters. The van der Waals surface area contributed by atoms with Gasteiger partial charge in [-0.3, -0.25) is 9.59 Å². The second-order valence-electron chi connectivity index (χ2n) is 11.8. The van der Waals surface area contributed by atoms with Crippen LogP contribution in [0.5, 0.6) is 0 Å². The zero-order valence-corrected chi connectivity index (χ0v) is 24.5. The number of amides is 2. The van der Waals surface area contributed by atoms with Gasteiger partial charge in [-0.1, -0.05) is 111 Å². The molecular weight excluding hydrogens is 506 g/mol. The van der Waals surface area contributed by atoms with Gasteiger partial charge in [0.05, 0.1) is 0 Å². The van der Waals surface area contributed by atoms with Crippen LogP contribution in [0.25, 0.3) is 0 Å². The molecule has 1 spiro atoms. The Kier molecular flexibility index (Phi) is 9.89. The van der Waals surface area contributed by atoms with Gasteiger partial charge in [-0.25, -0.2) is 0 Å². The van der Waals surface area contributed by atoms with Gasteiger partial charge in [0.2, 0.25) is 11.8 Å². The number of unbranched alkanes of at least 4 members (excludes halogenated alkanes) is 3. The number of carbonyl (C=O) groups excluding carboxylic acids is 2. The molecule has 1 N–H and O–H groups in total. The van der Waals surface area contributed by atoms with E-state index in [1.54, 1.807) is 0 Å². The van der Waals surface area contributed by atoms with Crippen LogP contribution in [0.1, 0.15) is 74.5 Å². The molecule has 2 heterocycles. The van der Waals surface area contributed by atoms with Gasteiger partial charge in [-0.2, -0.15) is 0 Å². The summed E-state index contributed by atoms with van der Waals surface area (Å²) in [6.45, 7) is 5.49. The first kappa shape index (κ1) is 29.1. The predicted octanol–water partition coefficient (Wildman–Crippen LogP) is 6.19. The van der Waals surface area contributed by atoms with Crippen molar-refractivity contribution >= 4 is 11.8 Å². The molecular formula is C36H45N3O2. The molecule has 2 amide bonds. The zero-order valence-electron chi connectivity index (χ0n) is 24.5. The van der Waals surface area contributed by atoms with Crippen molar-refractivity contribution in [2.24, 2.45) is 0 Å². The lowest BCUT2D eigenvalue weighted by atomic mass is 9.77. The highest BCUT2D eigenvalue weighted by molar-refractivity contribution is 6.00. The molecule has 2 fully saturated rings. The maximum Gasteiger partial charge on any atom is 0.247 e. The minimum absolute atomic E-state index is 0.0213. The monoisotopic (exact) mass is 551 g/mol. The first-order valence-corrected chi connectivity index (χ1v) is 15.6. The number of nitrogens with one attached hydrogen (secondary N) is 1. The Balaban J connectivity index is 1.21. The number of hydrogen-bond acceptors (Lipinski definition) is 3. The third kappa shape index (κ3) is 6.73. The maximum absolute atomic E-state index is 14.3. The number of piperazine rings is 1. The average molecular weight is 552 g/mol. The Morgan fingerprint density at radius 3 is 1.90 bits per heavy atom. The fourth-order valence-electron chi connectivity index (χ4n) is 6.82. The highest BCUT2D eigenvalue weighted by Gasteiger charge is 2.54. The van der Waals surface area contributed by atoms with Gasteiger partial charge in [0.25, 0.3) is 0 Å². The van der Waals surface area contributed by atoms with E-state index in [1.807, 2.05) is 41.3 Å². The lowest BCUT2D eigenvalue weighted by Gasteiger charge is -2.52. The summed E-state index contributed by atoms with van der Waals surface area (Å²) in [4.78, 5) is 32.7. The van der Waals surface area contributed by atoms with Crippen LogP contribution in [0.2, 0.25) is 0 Å². The second kappa shape index (κ2) is 14.0. The Morgan fingerprint density at radius 1 is 0.756 bits per heavy atom. The third-order valence-corrected chi connectivity index (χ3v) is 9.07. The molecule has 216 valence electrons. The first-order chi connectivity index (χ1) is 20.1. The molecule has 5 rings (SSSR count). The Labute approximate surface area is 245 Å². The molecule has 5 nitrogen and oxygen atoms in total. The molecule has 2 aliphatic rings. The van der Waals surface area contributed by atoms with Crippen molar-refractivity contribution in [3.8, 4) is 0 Å². The summed E-state index contributed by atoms with van der Waals surface area (Å²) in [5, 5.41) is 3.26. The SMILES string of the molecule is CCCN1C(=O)[C@H](C(c2ccccc2)c2ccccc2)NC(=O)C12CCN(CCCCCCc1ccccc1)CC2. The third-order valence-electron chi connectivity index (χ3n) is 9.07. The molecule has 41 heavy (non-hydrogen) atoms. The van der Waals surface area contributed by atoms with Crippen molar-refractivity contribution in [2.45, 2.75) is 75.8 Å². The van der Waals surface area contributed by atoms with Gasteiger partial charge >= 0.3 is 0 Å². The summed E-state index contributed by atoms with van der Waals surface area (Å²) in [6, 6.07) is 30.4. The Morgan fingerprint density at radius 2 is 1.32 bits per heavy atom. The fourth-order valence-corrected chi connectivity index (χ4v) is 6.82. The molecule has 1 atom stereocenters. The summed E-state index contributed by atoms with van der Waals surface area (Å²) >= 11 is 0. The number of rotatable bonds is 12. The molecule has 2 saturated heterocycles. The lowest BCUT2D eigenvalue weighted by molar-refractivity contribution is -0.161. The van der Waals surface area contributed by atoms with E-state index in [-0.39, 0.29) is 17.7 Å². The number of benzene rings is 3. The molecule has 0 aromatic heterocycles. The normalized spacial score (nSPS) is 19.1. The van der Waals surface area contributed by atoms with Crippen LogP contribution in [-0.2, 0) is 16.0 Å². The molecule has 5 heteroatoms. The molecule has 2 aliphatic heterocycles. The van der Waals surface area contributed by atoms with Gasteiger partial charge in [0, 0.05) is 25.6 Å². The van der Waals surface area contributed by atoms with Gasteiger partial charge in [0.15, 0.2) is 0 Å². The number of hydrogen-bond donors (Lipinski definition) is 1. The average Bonchev–Trinajstić information content (AvgIpc) is 3.02. The minimum Gasteiger partial charge on any atom is -0.341 e. The van der Waals surface area contributed by atoms with Gasteiger partial charge < -0.3 is 15.1 Å². The molecule has 0 aliphatic carbocycles. The summed E-state index contributed by atoms with van der Waals surface area (Å²) in [5.74, 6) is -0.156. The van der Waals surface area contributed by atoms with Crippen LogP contribution in [0, 0.1) is 0 Å². The predicted molar refractivity (Wildman–Crippen MR) is 166 cm³/mol. The van der Waals surface area contributed by atoms with Crippen LogP contribution in [-0.4, -0.2) is 59.4 Å². The summed E-state index contributed by atoms with van der Waals surface area (Å²) in [5.41, 5.74) is 2.77. The molecule has 0 saturated carbocycles.